The highest BCUT2D eigenvalue weighted by Crippen LogP contribution is 2.24. The van der Waals surface area contributed by atoms with Gasteiger partial charge in [0.2, 0.25) is 10.0 Å². The van der Waals surface area contributed by atoms with Crippen molar-refractivity contribution in [2.45, 2.75) is 42.0 Å². The quantitative estimate of drug-likeness (QED) is 0.765. The lowest BCUT2D eigenvalue weighted by Gasteiger charge is -2.27. The summed E-state index contributed by atoms with van der Waals surface area (Å²) in [6, 6.07) is 1.06. The third-order valence-corrected chi connectivity index (χ3v) is 5.84. The molecular weight excluding hydrogens is 260 g/mol. The van der Waals surface area contributed by atoms with Gasteiger partial charge in [-0.3, -0.25) is 0 Å². The van der Waals surface area contributed by atoms with Crippen molar-refractivity contribution < 1.29 is 13.5 Å². The predicted molar refractivity (Wildman–Crippen MR) is 67.3 cm³/mol. The average Bonchev–Trinajstić information content (AvgIpc) is 2.69. The molecule has 1 fully saturated rings. The van der Waals surface area contributed by atoms with E-state index in [1.807, 2.05) is 0 Å². The van der Waals surface area contributed by atoms with Crippen LogP contribution in [-0.4, -0.2) is 25.7 Å². The molecule has 0 aliphatic heterocycles. The predicted octanol–water partition coefficient (Wildman–Crippen LogP) is 0.912. The first-order valence-corrected chi connectivity index (χ1v) is 7.90. The van der Waals surface area contributed by atoms with Gasteiger partial charge in [-0.25, -0.2) is 13.1 Å². The Balaban J connectivity index is 2.11. The normalized spacial score (nSPS) is 25.9. The number of rotatable bonds is 3. The maximum absolute atomic E-state index is 12.0. The second kappa shape index (κ2) is 4.93. The van der Waals surface area contributed by atoms with E-state index in [9.17, 15) is 13.5 Å². The van der Waals surface area contributed by atoms with Crippen molar-refractivity contribution in [3.8, 4) is 0 Å². The molecule has 1 aromatic rings. The van der Waals surface area contributed by atoms with Crippen LogP contribution >= 0.6 is 11.3 Å². The summed E-state index contributed by atoms with van der Waals surface area (Å²) in [5.41, 5.74) is 5.95. The minimum absolute atomic E-state index is 0.202. The highest BCUT2D eigenvalue weighted by Gasteiger charge is 2.28. The fourth-order valence-electron chi connectivity index (χ4n) is 1.98. The molecule has 2 atom stereocenters. The molecule has 1 aliphatic carbocycles. The summed E-state index contributed by atoms with van der Waals surface area (Å²) >= 11 is 1.09. The number of anilines is 1. The molecular formula is C10H16N2O3S2. The van der Waals surface area contributed by atoms with E-state index in [1.165, 1.54) is 6.07 Å². The van der Waals surface area contributed by atoms with Gasteiger partial charge in [-0.15, -0.1) is 11.3 Å². The third kappa shape index (κ3) is 2.98. The van der Waals surface area contributed by atoms with Crippen LogP contribution in [0.25, 0.3) is 0 Å². The van der Waals surface area contributed by atoms with Crippen molar-refractivity contribution >= 4 is 27.0 Å². The Morgan fingerprint density at radius 2 is 2.12 bits per heavy atom. The second-order valence-electron chi connectivity index (χ2n) is 4.28. The zero-order chi connectivity index (χ0) is 12.5. The van der Waals surface area contributed by atoms with Gasteiger partial charge < -0.3 is 10.8 Å². The van der Waals surface area contributed by atoms with Crippen LogP contribution in [0.3, 0.4) is 0 Å². The number of hydrogen-bond donors (Lipinski definition) is 3. The van der Waals surface area contributed by atoms with E-state index in [1.54, 1.807) is 5.38 Å². The molecule has 1 aromatic heterocycles. The number of nitrogen functional groups attached to an aromatic ring is 1. The molecule has 4 N–H and O–H groups in total. The average molecular weight is 276 g/mol. The van der Waals surface area contributed by atoms with Gasteiger partial charge in [-0.1, -0.05) is 12.8 Å². The van der Waals surface area contributed by atoms with E-state index < -0.39 is 16.1 Å². The molecule has 0 spiro atoms. The molecule has 1 aliphatic rings. The lowest BCUT2D eigenvalue weighted by atomic mass is 9.93. The van der Waals surface area contributed by atoms with Crippen molar-refractivity contribution in [2.75, 3.05) is 5.73 Å². The van der Waals surface area contributed by atoms with Crippen molar-refractivity contribution in [3.05, 3.63) is 11.4 Å². The lowest BCUT2D eigenvalue weighted by Crippen LogP contribution is -2.44. The molecule has 96 valence electrons. The smallest absolute Gasteiger partial charge is 0.250 e. The van der Waals surface area contributed by atoms with E-state index in [4.69, 9.17) is 5.73 Å². The van der Waals surface area contributed by atoms with Crippen LogP contribution in [0.2, 0.25) is 0 Å². The zero-order valence-electron chi connectivity index (χ0n) is 9.30. The maximum Gasteiger partial charge on any atom is 0.250 e. The molecule has 0 unspecified atom stereocenters. The van der Waals surface area contributed by atoms with Crippen molar-refractivity contribution in [1.82, 2.24) is 4.72 Å². The van der Waals surface area contributed by atoms with Gasteiger partial charge in [-0.2, -0.15) is 0 Å². The fourth-order valence-corrected chi connectivity index (χ4v) is 4.38. The highest BCUT2D eigenvalue weighted by molar-refractivity contribution is 7.91. The molecule has 0 amide bonds. The third-order valence-electron chi connectivity index (χ3n) is 2.90. The van der Waals surface area contributed by atoms with Gasteiger partial charge >= 0.3 is 0 Å². The topological polar surface area (TPSA) is 92.4 Å². The van der Waals surface area contributed by atoms with E-state index in [0.717, 1.165) is 24.2 Å². The summed E-state index contributed by atoms with van der Waals surface area (Å²) in [5, 5.41) is 11.3. The Morgan fingerprint density at radius 1 is 1.41 bits per heavy atom. The van der Waals surface area contributed by atoms with Crippen LogP contribution in [0.4, 0.5) is 5.69 Å². The Kier molecular flexibility index (Phi) is 3.72. The fraction of sp³-hybridized carbons (Fsp3) is 0.600. The largest absolute Gasteiger partial charge is 0.398 e. The molecule has 5 nitrogen and oxygen atoms in total. The number of hydrogen-bond acceptors (Lipinski definition) is 5. The minimum Gasteiger partial charge on any atom is -0.398 e. The Morgan fingerprint density at radius 3 is 2.71 bits per heavy atom. The number of nitrogens with two attached hydrogens (primary N) is 1. The molecule has 2 rings (SSSR count). The van der Waals surface area contributed by atoms with Gasteiger partial charge in [0.25, 0.3) is 0 Å². The molecule has 7 heteroatoms. The molecule has 1 heterocycles. The molecule has 0 aromatic carbocycles. The van der Waals surface area contributed by atoms with Crippen LogP contribution in [0.5, 0.6) is 0 Å². The number of thiophene rings is 1. The summed E-state index contributed by atoms with van der Waals surface area (Å²) in [6.07, 6.45) is 2.64. The first-order valence-electron chi connectivity index (χ1n) is 5.53. The van der Waals surface area contributed by atoms with Gasteiger partial charge in [0.15, 0.2) is 0 Å². The van der Waals surface area contributed by atoms with Crippen LogP contribution < -0.4 is 10.5 Å². The molecule has 1 saturated carbocycles. The van der Waals surface area contributed by atoms with Crippen molar-refractivity contribution in [1.29, 1.82) is 0 Å². The summed E-state index contributed by atoms with van der Waals surface area (Å²) < 4.78 is 26.7. The number of sulfonamides is 1. The Bertz CT molecular complexity index is 483. The monoisotopic (exact) mass is 276 g/mol. The number of nitrogens with one attached hydrogen (secondary N) is 1. The SMILES string of the molecule is Nc1csc(S(=O)(=O)N[C@H]2CCCC[C@@H]2O)c1. The van der Waals surface area contributed by atoms with Crippen LogP contribution in [0.1, 0.15) is 25.7 Å². The summed E-state index contributed by atoms with van der Waals surface area (Å²) in [4.78, 5) is 0. The molecule has 0 bridgehead atoms. The van der Waals surface area contributed by atoms with E-state index in [0.29, 0.717) is 18.5 Å². The van der Waals surface area contributed by atoms with Crippen molar-refractivity contribution in [2.24, 2.45) is 0 Å². The second-order valence-corrected chi connectivity index (χ2v) is 7.13. The summed E-state index contributed by atoms with van der Waals surface area (Å²) in [5.74, 6) is 0. The summed E-state index contributed by atoms with van der Waals surface area (Å²) in [6.45, 7) is 0. The first-order chi connectivity index (χ1) is 7.99. The first kappa shape index (κ1) is 12.8. The van der Waals surface area contributed by atoms with Crippen molar-refractivity contribution in [3.63, 3.8) is 0 Å². The number of aliphatic hydroxyl groups is 1. The molecule has 17 heavy (non-hydrogen) atoms. The van der Waals surface area contributed by atoms with Crippen LogP contribution in [0, 0.1) is 0 Å². The van der Waals surface area contributed by atoms with Gasteiger partial charge in [0, 0.05) is 17.1 Å². The summed E-state index contributed by atoms with van der Waals surface area (Å²) in [7, 11) is -3.54. The van der Waals surface area contributed by atoms with E-state index in [2.05, 4.69) is 4.72 Å². The standard InChI is InChI=1S/C10H16N2O3S2/c11-7-5-10(16-6-7)17(14,15)12-8-3-1-2-4-9(8)13/h5-6,8-9,12-13H,1-4,11H2/t8-,9-/m0/s1. The Hall–Kier alpha value is -0.630. The minimum atomic E-state index is -3.54. The van der Waals surface area contributed by atoms with E-state index >= 15 is 0 Å². The van der Waals surface area contributed by atoms with Gasteiger partial charge in [-0.05, 0) is 18.9 Å². The van der Waals surface area contributed by atoms with Crippen LogP contribution in [0.15, 0.2) is 15.7 Å². The van der Waals surface area contributed by atoms with E-state index in [-0.39, 0.29) is 10.3 Å². The maximum atomic E-state index is 12.0. The molecule has 0 radical (unpaired) electrons. The Labute approximate surface area is 105 Å². The molecule has 0 saturated heterocycles. The van der Waals surface area contributed by atoms with Crippen LogP contribution in [-0.2, 0) is 10.0 Å². The lowest BCUT2D eigenvalue weighted by molar-refractivity contribution is 0.101. The number of aliphatic hydroxyl groups excluding tert-OH is 1. The van der Waals surface area contributed by atoms with Gasteiger partial charge in [0.05, 0.1) is 6.10 Å². The van der Waals surface area contributed by atoms with Gasteiger partial charge in [0.1, 0.15) is 4.21 Å². The zero-order valence-corrected chi connectivity index (χ0v) is 10.9. The highest BCUT2D eigenvalue weighted by atomic mass is 32.2.